The molecule has 0 aliphatic heterocycles. The van der Waals surface area contributed by atoms with Crippen LogP contribution in [0.15, 0.2) is 0 Å². The van der Waals surface area contributed by atoms with Crippen molar-refractivity contribution in [3.63, 3.8) is 0 Å². The fourth-order valence-electron chi connectivity index (χ4n) is 8.99. The molecular formula is C33H66O5S. The standard InChI is InChI=1S/C33H66O5S/c1-17-24(5)20-33(16,18-2)26(30(10,11)22-32(14,15)39(36,37)38)25(28(6,7)19-23(3)4)29(8,9)21-31(12,13)27(34)35/h23-26H,17-22H2,1-16H3,(H,34,35)(H,36,37,38). The van der Waals surface area contributed by atoms with E-state index in [1.807, 2.05) is 13.8 Å². The lowest BCUT2D eigenvalue weighted by molar-refractivity contribution is -0.154. The van der Waals surface area contributed by atoms with Gasteiger partial charge in [0.25, 0.3) is 10.1 Å². The van der Waals surface area contributed by atoms with Crippen molar-refractivity contribution in [3.8, 4) is 0 Å². The van der Waals surface area contributed by atoms with E-state index < -0.39 is 31.7 Å². The van der Waals surface area contributed by atoms with Crippen molar-refractivity contribution in [2.75, 3.05) is 0 Å². The van der Waals surface area contributed by atoms with E-state index >= 15 is 0 Å². The van der Waals surface area contributed by atoms with Crippen molar-refractivity contribution in [3.05, 3.63) is 0 Å². The largest absolute Gasteiger partial charge is 0.481 e. The molecular weight excluding hydrogens is 508 g/mol. The minimum atomic E-state index is -4.28. The van der Waals surface area contributed by atoms with E-state index in [0.717, 1.165) is 25.7 Å². The van der Waals surface area contributed by atoms with Gasteiger partial charge >= 0.3 is 5.97 Å². The number of carbonyl (C=O) groups is 1. The van der Waals surface area contributed by atoms with Gasteiger partial charge in [-0.05, 0) is 98.7 Å². The number of aliphatic carboxylic acids is 1. The van der Waals surface area contributed by atoms with Crippen molar-refractivity contribution < 1.29 is 22.9 Å². The van der Waals surface area contributed by atoms with Gasteiger partial charge in [0.1, 0.15) is 0 Å². The maximum atomic E-state index is 12.6. The summed E-state index contributed by atoms with van der Waals surface area (Å²) in [7, 11) is -4.28. The lowest BCUT2D eigenvalue weighted by Gasteiger charge is -2.61. The smallest absolute Gasteiger partial charge is 0.309 e. The molecule has 4 atom stereocenters. The Balaban J connectivity index is 7.71. The fraction of sp³-hybridized carbons (Fsp3) is 0.970. The molecule has 0 radical (unpaired) electrons. The number of rotatable bonds is 17. The lowest BCUT2D eigenvalue weighted by Crippen LogP contribution is -2.55. The maximum Gasteiger partial charge on any atom is 0.309 e. The molecule has 4 unspecified atom stereocenters. The van der Waals surface area contributed by atoms with Crippen LogP contribution in [0.1, 0.15) is 149 Å². The van der Waals surface area contributed by atoms with Crippen LogP contribution in [-0.4, -0.2) is 28.8 Å². The molecule has 0 bridgehead atoms. The van der Waals surface area contributed by atoms with Gasteiger partial charge in [-0.15, -0.1) is 0 Å². The topological polar surface area (TPSA) is 91.7 Å². The number of carboxylic acids is 1. The Morgan fingerprint density at radius 1 is 0.718 bits per heavy atom. The van der Waals surface area contributed by atoms with E-state index in [2.05, 4.69) is 83.1 Å². The van der Waals surface area contributed by atoms with Crippen molar-refractivity contribution in [1.29, 1.82) is 0 Å². The SMILES string of the molecule is CCC(C)CC(C)(CC)C(C(C(C)(C)CC(C)C)C(C)(C)CC(C)(C)C(=O)O)C(C)(C)CC(C)(C)S(=O)(=O)O. The van der Waals surface area contributed by atoms with E-state index in [4.69, 9.17) is 0 Å². The van der Waals surface area contributed by atoms with Crippen molar-refractivity contribution in [1.82, 2.24) is 0 Å². The predicted octanol–water partition coefficient (Wildman–Crippen LogP) is 9.75. The first kappa shape index (κ1) is 38.4. The van der Waals surface area contributed by atoms with Gasteiger partial charge < -0.3 is 5.11 Å². The van der Waals surface area contributed by atoms with E-state index in [-0.39, 0.29) is 28.1 Å². The fourth-order valence-corrected chi connectivity index (χ4v) is 9.55. The average molecular weight is 575 g/mol. The molecule has 5 nitrogen and oxygen atoms in total. The summed E-state index contributed by atoms with van der Waals surface area (Å²) in [5, 5.41) is 10.1. The van der Waals surface area contributed by atoms with Gasteiger partial charge in [0.05, 0.1) is 10.2 Å². The number of carboxylic acid groups (broad SMARTS) is 1. The van der Waals surface area contributed by atoms with Crippen LogP contribution in [0.5, 0.6) is 0 Å². The van der Waals surface area contributed by atoms with Gasteiger partial charge in [-0.1, -0.05) is 95.9 Å². The summed E-state index contributed by atoms with van der Waals surface area (Å²) in [5.41, 5.74) is -2.02. The molecule has 39 heavy (non-hydrogen) atoms. The van der Waals surface area contributed by atoms with Crippen molar-refractivity contribution >= 4 is 16.1 Å². The average Bonchev–Trinajstić information content (AvgIpc) is 2.67. The normalized spacial score (nSPS) is 18.5. The Labute approximate surface area is 243 Å². The highest BCUT2D eigenvalue weighted by atomic mass is 32.2. The third kappa shape index (κ3) is 9.72. The second kappa shape index (κ2) is 12.7. The molecule has 0 aliphatic carbocycles. The summed E-state index contributed by atoms with van der Waals surface area (Å²) in [6.45, 7) is 34.1. The molecule has 0 aromatic carbocycles. The van der Waals surface area contributed by atoms with Crippen LogP contribution in [0.2, 0.25) is 0 Å². The molecule has 0 saturated heterocycles. The Morgan fingerprint density at radius 2 is 1.15 bits per heavy atom. The summed E-state index contributed by atoms with van der Waals surface area (Å²) < 4.78 is 34.0. The Bertz CT molecular complexity index is 910. The second-order valence-corrected chi connectivity index (χ2v) is 19.1. The maximum absolute atomic E-state index is 12.6. The summed E-state index contributed by atoms with van der Waals surface area (Å²) in [4.78, 5) is 12.4. The van der Waals surface area contributed by atoms with Crippen LogP contribution in [-0.2, 0) is 14.9 Å². The van der Waals surface area contributed by atoms with Crippen molar-refractivity contribution in [2.24, 2.45) is 50.7 Å². The quantitative estimate of drug-likeness (QED) is 0.169. The van der Waals surface area contributed by atoms with Gasteiger partial charge in [0.15, 0.2) is 0 Å². The zero-order valence-corrected chi connectivity index (χ0v) is 29.4. The zero-order valence-electron chi connectivity index (χ0n) is 28.6. The van der Waals surface area contributed by atoms with Gasteiger partial charge in [-0.3, -0.25) is 9.35 Å². The minimum absolute atomic E-state index is 0.0679. The molecule has 6 heteroatoms. The highest BCUT2D eigenvalue weighted by Gasteiger charge is 2.58. The van der Waals surface area contributed by atoms with Crippen LogP contribution in [0.25, 0.3) is 0 Å². The molecule has 0 aliphatic rings. The third-order valence-electron chi connectivity index (χ3n) is 9.92. The van der Waals surface area contributed by atoms with E-state index in [1.54, 1.807) is 13.8 Å². The van der Waals surface area contributed by atoms with E-state index in [1.165, 1.54) is 0 Å². The van der Waals surface area contributed by atoms with E-state index in [0.29, 0.717) is 24.7 Å². The van der Waals surface area contributed by atoms with Gasteiger partial charge in [0.2, 0.25) is 0 Å². The highest BCUT2D eigenvalue weighted by molar-refractivity contribution is 7.87. The first-order valence-corrected chi connectivity index (χ1v) is 16.7. The Kier molecular flexibility index (Phi) is 12.5. The number of hydrogen-bond donors (Lipinski definition) is 2. The van der Waals surface area contributed by atoms with Crippen LogP contribution in [0, 0.1) is 50.7 Å². The Hall–Kier alpha value is -0.620. The molecule has 0 aromatic heterocycles. The van der Waals surface area contributed by atoms with Gasteiger partial charge in [0, 0.05) is 0 Å². The molecule has 0 aromatic rings. The van der Waals surface area contributed by atoms with Gasteiger partial charge in [-0.25, -0.2) is 0 Å². The molecule has 234 valence electrons. The molecule has 0 saturated carbocycles. The summed E-state index contributed by atoms with van der Waals surface area (Å²) in [6.07, 6.45) is 4.81. The first-order valence-electron chi connectivity index (χ1n) is 15.2. The monoisotopic (exact) mass is 574 g/mol. The lowest BCUT2D eigenvalue weighted by atomic mass is 9.44. The molecule has 0 heterocycles. The first-order chi connectivity index (χ1) is 17.0. The predicted molar refractivity (Wildman–Crippen MR) is 167 cm³/mol. The van der Waals surface area contributed by atoms with E-state index in [9.17, 15) is 22.9 Å². The molecule has 0 rings (SSSR count). The molecule has 0 fully saturated rings. The van der Waals surface area contributed by atoms with Crippen molar-refractivity contribution in [2.45, 2.75) is 154 Å². The number of hydrogen-bond acceptors (Lipinski definition) is 3. The highest BCUT2D eigenvalue weighted by Crippen LogP contribution is 2.63. The summed E-state index contributed by atoms with van der Waals surface area (Å²) in [5.74, 6) is 0.310. The molecule has 0 amide bonds. The van der Waals surface area contributed by atoms with Crippen LogP contribution >= 0.6 is 0 Å². The van der Waals surface area contributed by atoms with Crippen LogP contribution in [0.3, 0.4) is 0 Å². The summed E-state index contributed by atoms with van der Waals surface area (Å²) >= 11 is 0. The zero-order chi connectivity index (χ0) is 31.6. The van der Waals surface area contributed by atoms with Gasteiger partial charge in [-0.2, -0.15) is 8.42 Å². The second-order valence-electron chi connectivity index (χ2n) is 17.0. The summed E-state index contributed by atoms with van der Waals surface area (Å²) in [6, 6.07) is 0. The third-order valence-corrected chi connectivity index (χ3v) is 11.5. The molecule has 2 N–H and O–H groups in total. The van der Waals surface area contributed by atoms with Crippen LogP contribution in [0.4, 0.5) is 0 Å². The molecule has 0 spiro atoms. The Morgan fingerprint density at radius 3 is 1.49 bits per heavy atom. The van der Waals surface area contributed by atoms with Crippen LogP contribution < -0.4 is 0 Å². The minimum Gasteiger partial charge on any atom is -0.481 e.